The lowest BCUT2D eigenvalue weighted by Crippen LogP contribution is -2.30. The summed E-state index contributed by atoms with van der Waals surface area (Å²) in [6.45, 7) is 14.1. The molecular weight excluding hydrogens is 873 g/mol. The summed E-state index contributed by atoms with van der Waals surface area (Å²) in [5, 5.41) is 8.82. The number of hydrogen-bond donors (Lipinski definition) is 0. The van der Waals surface area contributed by atoms with Crippen molar-refractivity contribution in [3.05, 3.63) is 11.9 Å². The highest BCUT2D eigenvalue weighted by Gasteiger charge is 2.18. The molecule has 0 bridgehead atoms. The van der Waals surface area contributed by atoms with E-state index in [2.05, 4.69) is 42.9 Å². The Hall–Kier alpha value is -2.04. The number of esters is 2. The van der Waals surface area contributed by atoms with Gasteiger partial charge in [0, 0.05) is 26.0 Å². The molecule has 0 amide bonds. The van der Waals surface area contributed by atoms with Crippen LogP contribution in [0.3, 0.4) is 0 Å². The average Bonchev–Trinajstić information content (AvgIpc) is 3.83. The Bertz CT molecular complexity index is 1190. The van der Waals surface area contributed by atoms with Crippen LogP contribution in [-0.2, 0) is 41.7 Å². The average molecular weight is 988 g/mol. The van der Waals surface area contributed by atoms with Crippen molar-refractivity contribution >= 4 is 11.9 Å². The van der Waals surface area contributed by atoms with Crippen LogP contribution in [0, 0.1) is 0 Å². The molecule has 0 spiro atoms. The van der Waals surface area contributed by atoms with Gasteiger partial charge in [-0.2, -0.15) is 0 Å². The van der Waals surface area contributed by atoms with Gasteiger partial charge in [0.15, 0.2) is 6.29 Å². The zero-order valence-electron chi connectivity index (χ0n) is 46.7. The summed E-state index contributed by atoms with van der Waals surface area (Å²) >= 11 is 0. The summed E-state index contributed by atoms with van der Waals surface area (Å²) < 4.78 is 25.9. The van der Waals surface area contributed by atoms with E-state index >= 15 is 0 Å². The van der Waals surface area contributed by atoms with E-state index in [1.807, 2.05) is 10.9 Å². The lowest BCUT2D eigenvalue weighted by Gasteiger charge is -2.22. The zero-order chi connectivity index (χ0) is 50.2. The van der Waals surface area contributed by atoms with E-state index < -0.39 is 0 Å². The first-order chi connectivity index (χ1) is 34.5. The SMILES string of the molecule is CCCCCCCCC(CCCCCCCC)OC(=O)CCCCCCCN(CCCCCCCC(=O)OC(CCCCCCCC)CCCCCCCC)CCn1cc(COC2CCCCO2)nn1. The predicted octanol–water partition coefficient (Wildman–Crippen LogP) is 17.1. The van der Waals surface area contributed by atoms with Crippen molar-refractivity contribution in [2.45, 2.75) is 335 Å². The Morgan fingerprint density at radius 3 is 1.36 bits per heavy atom. The zero-order valence-corrected chi connectivity index (χ0v) is 46.7. The summed E-state index contributed by atoms with van der Waals surface area (Å²) in [6.07, 6.45) is 52.2. The minimum atomic E-state index is -0.129. The maximum absolute atomic E-state index is 13.0. The molecule has 2 heterocycles. The number of carbonyl (C=O) groups excluding carboxylic acids is 2. The largest absolute Gasteiger partial charge is 0.462 e. The number of aromatic nitrogens is 3. The molecule has 1 aromatic rings. The molecule has 1 aliphatic rings. The smallest absolute Gasteiger partial charge is 0.306 e. The molecule has 70 heavy (non-hydrogen) atoms. The number of carbonyl (C=O) groups is 2. The van der Waals surface area contributed by atoms with Crippen LogP contribution in [0.5, 0.6) is 0 Å². The molecule has 1 unspecified atom stereocenters. The minimum absolute atomic E-state index is 0.0180. The summed E-state index contributed by atoms with van der Waals surface area (Å²) in [5.41, 5.74) is 0.853. The van der Waals surface area contributed by atoms with Crippen molar-refractivity contribution in [3.8, 4) is 0 Å². The van der Waals surface area contributed by atoms with Crippen molar-refractivity contribution < 1.29 is 28.5 Å². The molecule has 0 aliphatic carbocycles. The van der Waals surface area contributed by atoms with Gasteiger partial charge in [-0.05, 0) is 109 Å². The van der Waals surface area contributed by atoms with E-state index in [4.69, 9.17) is 18.9 Å². The lowest BCUT2D eigenvalue weighted by molar-refractivity contribution is -0.169. The van der Waals surface area contributed by atoms with Crippen molar-refractivity contribution in [1.29, 1.82) is 0 Å². The summed E-state index contributed by atoms with van der Waals surface area (Å²) in [7, 11) is 0. The molecular formula is C60H114N4O6. The highest BCUT2D eigenvalue weighted by molar-refractivity contribution is 5.69. The van der Waals surface area contributed by atoms with Crippen molar-refractivity contribution in [2.75, 3.05) is 26.2 Å². The summed E-state index contributed by atoms with van der Waals surface area (Å²) in [6, 6.07) is 0. The van der Waals surface area contributed by atoms with Gasteiger partial charge in [0.2, 0.25) is 0 Å². The molecule has 10 nitrogen and oxygen atoms in total. The standard InChI is InChI=1S/C60H114N4O6/c1-5-9-13-17-23-31-41-56(42-32-24-18-14-10-6-2)69-58(65)45-35-27-21-29-38-48-63(50-51-64-53-55(61-62-64)54-68-60-47-37-40-52-67-60)49-39-30-22-28-36-46-59(66)70-57(43-33-25-19-15-11-7-3)44-34-26-20-16-12-8-4/h53,56-57,60H,5-52,54H2,1-4H3. The van der Waals surface area contributed by atoms with Gasteiger partial charge >= 0.3 is 11.9 Å². The molecule has 410 valence electrons. The molecule has 1 atom stereocenters. The normalized spacial score (nSPS) is 14.1. The van der Waals surface area contributed by atoms with Crippen LogP contribution >= 0.6 is 0 Å². The number of hydrogen-bond acceptors (Lipinski definition) is 9. The van der Waals surface area contributed by atoms with Gasteiger partial charge in [0.25, 0.3) is 0 Å². The van der Waals surface area contributed by atoms with Crippen molar-refractivity contribution in [3.63, 3.8) is 0 Å². The van der Waals surface area contributed by atoms with Crippen LogP contribution in [0.2, 0.25) is 0 Å². The van der Waals surface area contributed by atoms with Gasteiger partial charge in [-0.25, -0.2) is 0 Å². The third-order valence-corrected chi connectivity index (χ3v) is 14.6. The van der Waals surface area contributed by atoms with Gasteiger partial charge < -0.3 is 23.8 Å². The van der Waals surface area contributed by atoms with Crippen LogP contribution in [0.25, 0.3) is 0 Å². The van der Waals surface area contributed by atoms with E-state index in [9.17, 15) is 9.59 Å². The Kier molecular flexibility index (Phi) is 43.9. The second kappa shape index (κ2) is 47.9. The monoisotopic (exact) mass is 987 g/mol. The summed E-state index contributed by atoms with van der Waals surface area (Å²) in [4.78, 5) is 28.6. The van der Waals surface area contributed by atoms with Crippen LogP contribution in [0.15, 0.2) is 6.20 Å². The Labute approximate surface area is 432 Å². The second-order valence-electron chi connectivity index (χ2n) is 21.4. The highest BCUT2D eigenvalue weighted by atomic mass is 16.7. The van der Waals surface area contributed by atoms with Crippen LogP contribution in [0.1, 0.15) is 309 Å². The maximum Gasteiger partial charge on any atom is 0.306 e. The van der Waals surface area contributed by atoms with Crippen molar-refractivity contribution in [2.24, 2.45) is 0 Å². The van der Waals surface area contributed by atoms with E-state index in [0.29, 0.717) is 19.4 Å². The first-order valence-electron chi connectivity index (χ1n) is 30.7. The lowest BCUT2D eigenvalue weighted by atomic mass is 10.0. The quantitative estimate of drug-likeness (QED) is 0.0466. The van der Waals surface area contributed by atoms with E-state index in [-0.39, 0.29) is 30.4 Å². The van der Waals surface area contributed by atoms with Crippen molar-refractivity contribution in [1.82, 2.24) is 19.9 Å². The Morgan fingerprint density at radius 2 is 0.943 bits per heavy atom. The first-order valence-corrected chi connectivity index (χ1v) is 30.7. The number of nitrogens with zero attached hydrogens (tertiary/aromatic N) is 4. The molecule has 1 aromatic heterocycles. The van der Waals surface area contributed by atoms with Gasteiger partial charge in [0.1, 0.15) is 17.9 Å². The van der Waals surface area contributed by atoms with Crippen LogP contribution in [0.4, 0.5) is 0 Å². The third-order valence-electron chi connectivity index (χ3n) is 14.6. The van der Waals surface area contributed by atoms with Crippen LogP contribution in [-0.4, -0.2) is 76.6 Å². The van der Waals surface area contributed by atoms with E-state index in [0.717, 1.165) is 135 Å². The fourth-order valence-electron chi connectivity index (χ4n) is 10.0. The predicted molar refractivity (Wildman–Crippen MR) is 292 cm³/mol. The molecule has 1 saturated heterocycles. The maximum atomic E-state index is 13.0. The third kappa shape index (κ3) is 38.6. The number of ether oxygens (including phenoxy) is 4. The van der Waals surface area contributed by atoms with Crippen LogP contribution < -0.4 is 0 Å². The molecule has 0 radical (unpaired) electrons. The number of unbranched alkanes of at least 4 members (excludes halogenated alkanes) is 28. The Morgan fingerprint density at radius 1 is 0.543 bits per heavy atom. The summed E-state index contributed by atoms with van der Waals surface area (Å²) in [5.74, 6) is 0.0361. The Balaban J connectivity index is 1.76. The van der Waals surface area contributed by atoms with E-state index in [1.54, 1.807) is 0 Å². The minimum Gasteiger partial charge on any atom is -0.462 e. The number of rotatable bonds is 52. The fraction of sp³-hybridized carbons (Fsp3) is 0.933. The molecule has 1 aliphatic heterocycles. The van der Waals surface area contributed by atoms with Gasteiger partial charge in [-0.3, -0.25) is 14.3 Å². The fourth-order valence-corrected chi connectivity index (χ4v) is 10.0. The van der Waals surface area contributed by atoms with Gasteiger partial charge in [0.05, 0.1) is 19.3 Å². The molecule has 1 fully saturated rings. The molecule has 10 heteroatoms. The van der Waals surface area contributed by atoms with Gasteiger partial charge in [-0.15, -0.1) is 5.10 Å². The molecule has 0 saturated carbocycles. The highest BCUT2D eigenvalue weighted by Crippen LogP contribution is 2.21. The topological polar surface area (TPSA) is 105 Å². The second-order valence-corrected chi connectivity index (χ2v) is 21.4. The van der Waals surface area contributed by atoms with Gasteiger partial charge in [-0.1, -0.05) is 200 Å². The first kappa shape index (κ1) is 64.1. The molecule has 0 aromatic carbocycles. The van der Waals surface area contributed by atoms with E-state index in [1.165, 1.54) is 167 Å². The molecule has 2 rings (SSSR count). The molecule has 0 N–H and O–H groups in total.